The number of halogens is 2. The summed E-state index contributed by atoms with van der Waals surface area (Å²) in [6.07, 6.45) is 0.334. The number of rotatable bonds is 5. The van der Waals surface area contributed by atoms with Crippen molar-refractivity contribution in [2.75, 3.05) is 6.54 Å². The van der Waals surface area contributed by atoms with Crippen LogP contribution in [0.15, 0.2) is 78.9 Å². The van der Waals surface area contributed by atoms with E-state index in [9.17, 15) is 5.11 Å². The number of hydrogen-bond acceptors (Lipinski definition) is 2. The zero-order chi connectivity index (χ0) is 18.8. The Labute approximate surface area is 170 Å². The third-order valence-electron chi connectivity index (χ3n) is 5.32. The average molecular weight is 398 g/mol. The molecule has 2 atom stereocenters. The number of likely N-dealkylation sites (tertiary alicyclic amines) is 1. The zero-order valence-electron chi connectivity index (χ0n) is 14.8. The van der Waals surface area contributed by atoms with E-state index in [-0.39, 0.29) is 12.1 Å². The first-order chi connectivity index (χ1) is 13.1. The summed E-state index contributed by atoms with van der Waals surface area (Å²) in [5.41, 5.74) is 3.27. The third kappa shape index (κ3) is 3.76. The normalized spacial score (nSPS) is 18.3. The molecular weight excluding hydrogens is 377 g/mol. The van der Waals surface area contributed by atoms with E-state index in [4.69, 9.17) is 23.2 Å². The van der Waals surface area contributed by atoms with Crippen molar-refractivity contribution in [3.63, 3.8) is 0 Å². The maximum atomic E-state index is 11.0. The molecule has 2 nitrogen and oxygen atoms in total. The Morgan fingerprint density at radius 2 is 1.37 bits per heavy atom. The van der Waals surface area contributed by atoms with Crippen LogP contribution < -0.4 is 0 Å². The molecule has 0 aromatic heterocycles. The van der Waals surface area contributed by atoms with Crippen LogP contribution in [0.5, 0.6) is 0 Å². The van der Waals surface area contributed by atoms with E-state index < -0.39 is 6.10 Å². The largest absolute Gasteiger partial charge is 0.387 e. The van der Waals surface area contributed by atoms with Gasteiger partial charge < -0.3 is 5.11 Å². The van der Waals surface area contributed by atoms with Gasteiger partial charge in [-0.2, -0.15) is 0 Å². The molecule has 27 heavy (non-hydrogen) atoms. The number of aliphatic hydroxyl groups excluding tert-OH is 1. The second-order valence-electron chi connectivity index (χ2n) is 6.94. The van der Waals surface area contributed by atoms with Crippen molar-refractivity contribution in [3.05, 3.63) is 106 Å². The van der Waals surface area contributed by atoms with Crippen molar-refractivity contribution < 1.29 is 5.11 Å². The zero-order valence-corrected chi connectivity index (χ0v) is 16.3. The van der Waals surface area contributed by atoms with Gasteiger partial charge in [0.05, 0.1) is 22.2 Å². The van der Waals surface area contributed by atoms with Gasteiger partial charge in [0.15, 0.2) is 0 Å². The van der Waals surface area contributed by atoms with E-state index in [0.717, 1.165) is 18.5 Å². The minimum atomic E-state index is -0.608. The van der Waals surface area contributed by atoms with Crippen LogP contribution in [-0.2, 0) is 0 Å². The predicted molar refractivity (Wildman–Crippen MR) is 111 cm³/mol. The van der Waals surface area contributed by atoms with Crippen LogP contribution >= 0.6 is 23.2 Å². The summed E-state index contributed by atoms with van der Waals surface area (Å²) in [7, 11) is 0. The van der Waals surface area contributed by atoms with Gasteiger partial charge in [-0.15, -0.1) is 0 Å². The molecule has 1 fully saturated rings. The molecule has 4 heteroatoms. The fraction of sp³-hybridized carbons (Fsp3) is 0.217. The molecule has 138 valence electrons. The van der Waals surface area contributed by atoms with Crippen molar-refractivity contribution in [3.8, 4) is 0 Å². The Morgan fingerprint density at radius 1 is 0.778 bits per heavy atom. The molecule has 3 aromatic rings. The van der Waals surface area contributed by atoms with E-state index in [1.807, 2.05) is 18.2 Å². The van der Waals surface area contributed by atoms with Gasteiger partial charge in [0.1, 0.15) is 0 Å². The van der Waals surface area contributed by atoms with Crippen LogP contribution in [0, 0.1) is 0 Å². The number of aliphatic hydroxyl groups is 1. The Hall–Kier alpha value is -1.84. The first-order valence-corrected chi connectivity index (χ1v) is 9.89. The molecule has 2 unspecified atom stereocenters. The van der Waals surface area contributed by atoms with Crippen molar-refractivity contribution in [1.29, 1.82) is 0 Å². The first kappa shape index (κ1) is 18.5. The predicted octanol–water partition coefficient (Wildman–Crippen LogP) is 5.89. The number of nitrogens with zero attached hydrogens (tertiary/aromatic N) is 1. The summed E-state index contributed by atoms with van der Waals surface area (Å²) in [6, 6.07) is 26.5. The highest BCUT2D eigenvalue weighted by Crippen LogP contribution is 2.41. The van der Waals surface area contributed by atoms with Crippen molar-refractivity contribution in [1.82, 2.24) is 4.90 Å². The fourth-order valence-electron chi connectivity index (χ4n) is 3.85. The van der Waals surface area contributed by atoms with Gasteiger partial charge in [0.25, 0.3) is 0 Å². The van der Waals surface area contributed by atoms with Crippen LogP contribution in [0.3, 0.4) is 0 Å². The van der Waals surface area contributed by atoms with E-state index in [1.54, 1.807) is 12.1 Å². The highest BCUT2D eigenvalue weighted by atomic mass is 35.5. The molecule has 0 saturated carbocycles. The lowest BCUT2D eigenvalue weighted by molar-refractivity contribution is -0.0343. The van der Waals surface area contributed by atoms with E-state index in [2.05, 4.69) is 53.4 Å². The molecule has 1 aliphatic rings. The van der Waals surface area contributed by atoms with Crippen LogP contribution in [0.2, 0.25) is 10.0 Å². The van der Waals surface area contributed by atoms with E-state index in [0.29, 0.717) is 10.0 Å². The maximum Gasteiger partial charge on any atom is 0.0946 e. The molecule has 1 heterocycles. The molecule has 0 radical (unpaired) electrons. The Balaban J connectivity index is 1.65. The lowest BCUT2D eigenvalue weighted by atomic mass is 9.86. The quantitative estimate of drug-likeness (QED) is 0.579. The van der Waals surface area contributed by atoms with Crippen LogP contribution in [0.1, 0.15) is 35.3 Å². The van der Waals surface area contributed by atoms with Crippen LogP contribution in [-0.4, -0.2) is 22.6 Å². The molecular formula is C23H21Cl2NO. The third-order valence-corrected chi connectivity index (χ3v) is 6.06. The monoisotopic (exact) mass is 397 g/mol. The van der Waals surface area contributed by atoms with Crippen LogP contribution in [0.25, 0.3) is 0 Å². The fourth-order valence-corrected chi connectivity index (χ4v) is 4.16. The molecule has 1 aliphatic heterocycles. The molecule has 3 aromatic carbocycles. The molecule has 0 aliphatic carbocycles. The van der Waals surface area contributed by atoms with Gasteiger partial charge >= 0.3 is 0 Å². The number of benzene rings is 3. The van der Waals surface area contributed by atoms with Gasteiger partial charge in [-0.1, -0.05) is 89.9 Å². The minimum absolute atomic E-state index is 0.0349. The summed E-state index contributed by atoms with van der Waals surface area (Å²) in [4.78, 5) is 2.37. The second kappa shape index (κ2) is 8.04. The molecule has 0 amide bonds. The SMILES string of the molecule is OC(c1ccc(Cl)c(Cl)c1)C1CCN1C(c1ccccc1)c1ccccc1. The summed E-state index contributed by atoms with van der Waals surface area (Å²) in [6.45, 7) is 0.942. The van der Waals surface area contributed by atoms with Crippen molar-refractivity contribution >= 4 is 23.2 Å². The van der Waals surface area contributed by atoms with Gasteiger partial charge in [-0.3, -0.25) is 4.90 Å². The van der Waals surface area contributed by atoms with Gasteiger partial charge in [-0.05, 0) is 35.2 Å². The highest BCUT2D eigenvalue weighted by molar-refractivity contribution is 6.42. The lowest BCUT2D eigenvalue weighted by Gasteiger charge is -2.48. The van der Waals surface area contributed by atoms with Crippen molar-refractivity contribution in [2.45, 2.75) is 24.6 Å². The molecule has 0 bridgehead atoms. The Bertz CT molecular complexity index is 861. The second-order valence-corrected chi connectivity index (χ2v) is 7.75. The minimum Gasteiger partial charge on any atom is -0.387 e. The maximum absolute atomic E-state index is 11.0. The standard InChI is InChI=1S/C23H21Cl2NO/c24-19-12-11-18(15-20(19)25)23(27)21-13-14-26(21)22(16-7-3-1-4-8-16)17-9-5-2-6-10-17/h1-12,15,21-23,27H,13-14H2. The molecule has 1 saturated heterocycles. The van der Waals surface area contributed by atoms with Crippen LogP contribution in [0.4, 0.5) is 0 Å². The molecule has 1 N–H and O–H groups in total. The van der Waals surface area contributed by atoms with Gasteiger partial charge in [-0.25, -0.2) is 0 Å². The highest BCUT2D eigenvalue weighted by Gasteiger charge is 2.40. The summed E-state index contributed by atoms with van der Waals surface area (Å²) < 4.78 is 0. The van der Waals surface area contributed by atoms with Crippen molar-refractivity contribution in [2.24, 2.45) is 0 Å². The average Bonchev–Trinajstić information content (AvgIpc) is 2.68. The topological polar surface area (TPSA) is 23.5 Å². The lowest BCUT2D eigenvalue weighted by Crippen LogP contribution is -2.52. The van der Waals surface area contributed by atoms with E-state index >= 15 is 0 Å². The molecule has 4 rings (SSSR count). The molecule has 0 spiro atoms. The van der Waals surface area contributed by atoms with Gasteiger partial charge in [0, 0.05) is 12.6 Å². The number of hydrogen-bond donors (Lipinski definition) is 1. The summed E-state index contributed by atoms with van der Waals surface area (Å²) >= 11 is 12.2. The van der Waals surface area contributed by atoms with Gasteiger partial charge in [0.2, 0.25) is 0 Å². The first-order valence-electron chi connectivity index (χ1n) is 9.14. The smallest absolute Gasteiger partial charge is 0.0946 e. The summed E-state index contributed by atoms with van der Waals surface area (Å²) in [5.74, 6) is 0. The Morgan fingerprint density at radius 3 is 1.85 bits per heavy atom. The Kier molecular flexibility index (Phi) is 5.51. The summed E-state index contributed by atoms with van der Waals surface area (Å²) in [5, 5.41) is 12.0. The van der Waals surface area contributed by atoms with E-state index in [1.165, 1.54) is 11.1 Å².